The summed E-state index contributed by atoms with van der Waals surface area (Å²) in [7, 11) is 4.37. The minimum atomic E-state index is -0.446. The van der Waals surface area contributed by atoms with Gasteiger partial charge in [0.25, 0.3) is 0 Å². The van der Waals surface area contributed by atoms with Crippen LogP contribution in [0.3, 0.4) is 0 Å². The number of nitrogens with two attached hydrogens (primary N) is 1. The molecule has 110 valence electrons. The molecule has 2 aromatic rings. The number of carbonyl (C=O) groups is 1. The molecule has 0 aliphatic heterocycles. The average molecular weight is 288 g/mol. The summed E-state index contributed by atoms with van der Waals surface area (Å²) in [6, 6.07) is 6.55. The highest BCUT2D eigenvalue weighted by Crippen LogP contribution is 2.39. The second-order valence-electron chi connectivity index (χ2n) is 4.19. The maximum atomic E-state index is 11.7. The zero-order valence-corrected chi connectivity index (χ0v) is 12.0. The molecule has 0 spiro atoms. The predicted octanol–water partition coefficient (Wildman–Crippen LogP) is 2.13. The molecule has 0 fully saturated rings. The SMILES string of the molecule is COC(=O)c1ccc(N)c(-c2c(OC)ccnc2OC)c1. The molecule has 0 amide bonds. The van der Waals surface area contributed by atoms with Crippen molar-refractivity contribution in [1.82, 2.24) is 4.98 Å². The number of anilines is 1. The van der Waals surface area contributed by atoms with E-state index in [0.29, 0.717) is 34.0 Å². The van der Waals surface area contributed by atoms with Crippen LogP contribution in [0.2, 0.25) is 0 Å². The van der Waals surface area contributed by atoms with Crippen LogP contribution in [-0.2, 0) is 4.74 Å². The maximum Gasteiger partial charge on any atom is 0.337 e. The molecule has 0 saturated heterocycles. The largest absolute Gasteiger partial charge is 0.496 e. The summed E-state index contributed by atoms with van der Waals surface area (Å²) in [6.07, 6.45) is 1.57. The van der Waals surface area contributed by atoms with Crippen molar-refractivity contribution in [2.75, 3.05) is 27.1 Å². The molecule has 6 heteroatoms. The summed E-state index contributed by atoms with van der Waals surface area (Å²) in [4.78, 5) is 15.8. The van der Waals surface area contributed by atoms with Crippen molar-refractivity contribution in [3.05, 3.63) is 36.0 Å². The van der Waals surface area contributed by atoms with Crippen LogP contribution in [0.4, 0.5) is 5.69 Å². The molecule has 0 aliphatic carbocycles. The number of nitrogens with zero attached hydrogens (tertiary/aromatic N) is 1. The monoisotopic (exact) mass is 288 g/mol. The van der Waals surface area contributed by atoms with Gasteiger partial charge in [0.2, 0.25) is 5.88 Å². The standard InChI is InChI=1S/C15H16N2O4/c1-19-12-6-7-17-14(20-2)13(12)10-8-9(15(18)21-3)4-5-11(10)16/h4-8H,16H2,1-3H3. The molecule has 2 N–H and O–H groups in total. The van der Waals surface area contributed by atoms with Crippen molar-refractivity contribution in [1.29, 1.82) is 0 Å². The zero-order valence-electron chi connectivity index (χ0n) is 12.0. The van der Waals surface area contributed by atoms with Crippen LogP contribution in [0.25, 0.3) is 11.1 Å². The van der Waals surface area contributed by atoms with Crippen LogP contribution in [0.5, 0.6) is 11.6 Å². The first-order valence-corrected chi connectivity index (χ1v) is 6.17. The van der Waals surface area contributed by atoms with Gasteiger partial charge < -0.3 is 19.9 Å². The third kappa shape index (κ3) is 2.74. The summed E-state index contributed by atoms with van der Waals surface area (Å²) in [5, 5.41) is 0. The number of carbonyl (C=O) groups excluding carboxylic acids is 1. The molecule has 0 radical (unpaired) electrons. The van der Waals surface area contributed by atoms with Crippen LogP contribution in [0, 0.1) is 0 Å². The number of nitrogen functional groups attached to an aromatic ring is 1. The van der Waals surface area contributed by atoms with Crippen molar-refractivity contribution in [3.63, 3.8) is 0 Å². The van der Waals surface area contributed by atoms with E-state index in [4.69, 9.17) is 19.9 Å². The van der Waals surface area contributed by atoms with Gasteiger partial charge in [-0.25, -0.2) is 9.78 Å². The van der Waals surface area contributed by atoms with E-state index < -0.39 is 5.97 Å². The Morgan fingerprint density at radius 3 is 2.52 bits per heavy atom. The number of pyridine rings is 1. The highest BCUT2D eigenvalue weighted by molar-refractivity contribution is 5.94. The number of benzene rings is 1. The second kappa shape index (κ2) is 6.13. The van der Waals surface area contributed by atoms with E-state index >= 15 is 0 Å². The highest BCUT2D eigenvalue weighted by atomic mass is 16.5. The molecule has 1 aromatic heterocycles. The third-order valence-corrected chi connectivity index (χ3v) is 3.03. The number of rotatable bonds is 4. The van der Waals surface area contributed by atoms with E-state index in [-0.39, 0.29) is 0 Å². The van der Waals surface area contributed by atoms with Crippen LogP contribution in [0.1, 0.15) is 10.4 Å². The van der Waals surface area contributed by atoms with E-state index in [0.717, 1.165) is 0 Å². The molecular formula is C15H16N2O4. The third-order valence-electron chi connectivity index (χ3n) is 3.03. The zero-order chi connectivity index (χ0) is 15.4. The van der Waals surface area contributed by atoms with Gasteiger partial charge in [0, 0.05) is 17.4 Å². The molecule has 1 aromatic carbocycles. The van der Waals surface area contributed by atoms with E-state index in [2.05, 4.69) is 4.98 Å². The lowest BCUT2D eigenvalue weighted by atomic mass is 10.0. The summed E-state index contributed by atoms with van der Waals surface area (Å²) < 4.78 is 15.3. The Balaban J connectivity index is 2.69. The van der Waals surface area contributed by atoms with Crippen molar-refractivity contribution < 1.29 is 19.0 Å². The van der Waals surface area contributed by atoms with E-state index in [1.807, 2.05) is 0 Å². The number of methoxy groups -OCH3 is 3. The van der Waals surface area contributed by atoms with Gasteiger partial charge in [-0.1, -0.05) is 0 Å². The van der Waals surface area contributed by atoms with Crippen molar-refractivity contribution >= 4 is 11.7 Å². The molecular weight excluding hydrogens is 272 g/mol. The van der Waals surface area contributed by atoms with Gasteiger partial charge in [-0.15, -0.1) is 0 Å². The normalized spacial score (nSPS) is 10.0. The predicted molar refractivity (Wildman–Crippen MR) is 78.5 cm³/mol. The van der Waals surface area contributed by atoms with Crippen LogP contribution in [-0.4, -0.2) is 32.3 Å². The fourth-order valence-electron chi connectivity index (χ4n) is 2.02. The minimum Gasteiger partial charge on any atom is -0.496 e. The number of hydrogen-bond donors (Lipinski definition) is 1. The van der Waals surface area contributed by atoms with Gasteiger partial charge in [-0.2, -0.15) is 0 Å². The molecule has 0 saturated carbocycles. The van der Waals surface area contributed by atoms with Crippen LogP contribution < -0.4 is 15.2 Å². The molecule has 0 unspecified atom stereocenters. The lowest BCUT2D eigenvalue weighted by molar-refractivity contribution is 0.0601. The fourth-order valence-corrected chi connectivity index (χ4v) is 2.02. The first-order valence-electron chi connectivity index (χ1n) is 6.17. The second-order valence-corrected chi connectivity index (χ2v) is 4.19. The molecule has 0 atom stereocenters. The topological polar surface area (TPSA) is 83.7 Å². The van der Waals surface area contributed by atoms with Gasteiger partial charge in [0.15, 0.2) is 0 Å². The van der Waals surface area contributed by atoms with E-state index in [1.165, 1.54) is 14.2 Å². The molecule has 0 bridgehead atoms. The number of esters is 1. The van der Waals surface area contributed by atoms with Crippen molar-refractivity contribution in [3.8, 4) is 22.8 Å². The van der Waals surface area contributed by atoms with E-state index in [1.54, 1.807) is 37.6 Å². The van der Waals surface area contributed by atoms with Gasteiger partial charge in [0.1, 0.15) is 5.75 Å². The van der Waals surface area contributed by atoms with Crippen LogP contribution in [0.15, 0.2) is 30.5 Å². The lowest BCUT2D eigenvalue weighted by Crippen LogP contribution is -2.04. The first kappa shape index (κ1) is 14.6. The molecule has 6 nitrogen and oxygen atoms in total. The molecule has 0 aliphatic rings. The molecule has 2 rings (SSSR count). The number of ether oxygens (including phenoxy) is 3. The van der Waals surface area contributed by atoms with E-state index in [9.17, 15) is 4.79 Å². The summed E-state index contributed by atoms with van der Waals surface area (Å²) in [6.45, 7) is 0. The maximum absolute atomic E-state index is 11.7. The van der Waals surface area contributed by atoms with Gasteiger partial charge in [-0.05, 0) is 24.3 Å². The smallest absolute Gasteiger partial charge is 0.337 e. The molecule has 1 heterocycles. The minimum absolute atomic E-state index is 0.364. The van der Waals surface area contributed by atoms with Gasteiger partial charge in [-0.3, -0.25) is 0 Å². The Bertz CT molecular complexity index is 648. The van der Waals surface area contributed by atoms with Crippen LogP contribution >= 0.6 is 0 Å². The van der Waals surface area contributed by atoms with Gasteiger partial charge >= 0.3 is 5.97 Å². The van der Waals surface area contributed by atoms with Gasteiger partial charge in [0.05, 0.1) is 32.5 Å². The quantitative estimate of drug-likeness (QED) is 0.685. The summed E-state index contributed by atoms with van der Waals surface area (Å²) >= 11 is 0. The Labute approximate surface area is 122 Å². The Kier molecular flexibility index (Phi) is 4.27. The number of hydrogen-bond acceptors (Lipinski definition) is 6. The Morgan fingerprint density at radius 2 is 1.90 bits per heavy atom. The first-order chi connectivity index (χ1) is 10.1. The summed E-state index contributed by atoms with van der Waals surface area (Å²) in [5.74, 6) is 0.469. The number of aromatic nitrogens is 1. The Morgan fingerprint density at radius 1 is 1.14 bits per heavy atom. The summed E-state index contributed by atoms with van der Waals surface area (Å²) in [5.41, 5.74) is 8.07. The lowest BCUT2D eigenvalue weighted by Gasteiger charge is -2.14. The highest BCUT2D eigenvalue weighted by Gasteiger charge is 2.18. The molecule has 21 heavy (non-hydrogen) atoms. The fraction of sp³-hybridized carbons (Fsp3) is 0.200. The Hall–Kier alpha value is -2.76. The average Bonchev–Trinajstić information content (AvgIpc) is 2.53. The van der Waals surface area contributed by atoms with Crippen molar-refractivity contribution in [2.45, 2.75) is 0 Å². The van der Waals surface area contributed by atoms with Crippen molar-refractivity contribution in [2.24, 2.45) is 0 Å².